The lowest BCUT2D eigenvalue weighted by Crippen LogP contribution is -2.55. The quantitative estimate of drug-likeness (QED) is 0.736. The number of nitrogens with two attached hydrogens (primary N) is 1. The molecule has 1 atom stereocenters. The van der Waals surface area contributed by atoms with E-state index in [1.165, 1.54) is 0 Å². The van der Waals surface area contributed by atoms with Crippen molar-refractivity contribution in [3.63, 3.8) is 0 Å². The van der Waals surface area contributed by atoms with Crippen LogP contribution < -0.4 is 5.73 Å². The summed E-state index contributed by atoms with van der Waals surface area (Å²) in [4.78, 5) is 0. The van der Waals surface area contributed by atoms with E-state index >= 15 is 0 Å². The predicted molar refractivity (Wildman–Crippen MR) is 74.0 cm³/mol. The molecule has 1 rings (SSSR count). The summed E-state index contributed by atoms with van der Waals surface area (Å²) in [7, 11) is -2.86. The van der Waals surface area contributed by atoms with E-state index in [1.54, 1.807) is 0 Å². The highest BCUT2D eigenvalue weighted by molar-refractivity contribution is 6.62. The van der Waals surface area contributed by atoms with Crippen LogP contribution in [0, 0.1) is 0 Å². The van der Waals surface area contributed by atoms with Gasteiger partial charge in [-0.05, 0) is 26.3 Å². The van der Waals surface area contributed by atoms with Gasteiger partial charge >= 0.3 is 8.80 Å². The topological polar surface area (TPSA) is 53.7 Å². The Morgan fingerprint density at radius 1 is 0.944 bits per heavy atom. The molecule has 102 valence electrons. The van der Waals surface area contributed by atoms with E-state index in [-0.39, 0.29) is 5.67 Å². The first-order valence-corrected chi connectivity index (χ1v) is 8.22. The lowest BCUT2D eigenvalue weighted by molar-refractivity contribution is 0.0621. The Bertz CT molecular complexity index is 317. The zero-order valence-corrected chi connectivity index (χ0v) is 12.4. The Labute approximate surface area is 110 Å². The molecule has 0 spiro atoms. The minimum Gasteiger partial charge on any atom is -0.373 e. The number of benzene rings is 1. The fraction of sp³-hybridized carbons (Fsp3) is 0.538. The summed E-state index contributed by atoms with van der Waals surface area (Å²) in [5, 5.41) is 0. The monoisotopic (exact) mass is 269 g/mol. The van der Waals surface area contributed by atoms with Crippen LogP contribution in [-0.4, -0.2) is 28.6 Å². The molecule has 0 aliphatic rings. The van der Waals surface area contributed by atoms with Crippen LogP contribution in [0.15, 0.2) is 30.3 Å². The van der Waals surface area contributed by atoms with Gasteiger partial charge < -0.3 is 19.0 Å². The van der Waals surface area contributed by atoms with Gasteiger partial charge in [0.1, 0.15) is 5.67 Å². The van der Waals surface area contributed by atoms with Crippen molar-refractivity contribution < 1.29 is 13.3 Å². The molecule has 1 aromatic carbocycles. The van der Waals surface area contributed by atoms with Gasteiger partial charge in [0.25, 0.3) is 0 Å². The Morgan fingerprint density at radius 3 is 1.78 bits per heavy atom. The molecule has 4 nitrogen and oxygen atoms in total. The van der Waals surface area contributed by atoms with Crippen LogP contribution in [0.1, 0.15) is 32.0 Å². The maximum Gasteiger partial charge on any atom is 0.523 e. The summed E-state index contributed by atoms with van der Waals surface area (Å²) in [5.41, 5.74) is 6.96. The Morgan fingerprint density at radius 2 is 1.39 bits per heavy atom. The van der Waals surface area contributed by atoms with Crippen molar-refractivity contribution in [1.82, 2.24) is 0 Å². The van der Waals surface area contributed by atoms with Gasteiger partial charge in [-0.25, -0.2) is 0 Å². The SMILES string of the molecule is CCO[Si](OCC)(OCC)C(N)c1ccccc1. The van der Waals surface area contributed by atoms with Crippen molar-refractivity contribution in [2.75, 3.05) is 19.8 Å². The first kappa shape index (κ1) is 15.3. The molecule has 18 heavy (non-hydrogen) atoms. The summed E-state index contributed by atoms with van der Waals surface area (Å²) in [6.45, 7) is 7.39. The molecule has 0 aromatic heterocycles. The van der Waals surface area contributed by atoms with Gasteiger partial charge in [0.15, 0.2) is 0 Å². The molecule has 5 heteroatoms. The van der Waals surface area contributed by atoms with E-state index < -0.39 is 8.80 Å². The van der Waals surface area contributed by atoms with Gasteiger partial charge in [0, 0.05) is 19.8 Å². The Kier molecular flexibility index (Phi) is 6.52. The van der Waals surface area contributed by atoms with Crippen LogP contribution in [0.2, 0.25) is 0 Å². The Hall–Kier alpha value is -0.723. The van der Waals surface area contributed by atoms with Crippen LogP contribution in [-0.2, 0) is 13.3 Å². The third kappa shape index (κ3) is 3.63. The van der Waals surface area contributed by atoms with Gasteiger partial charge in [0.2, 0.25) is 0 Å². The van der Waals surface area contributed by atoms with Crippen molar-refractivity contribution >= 4 is 8.80 Å². The molecular weight excluding hydrogens is 246 g/mol. The maximum atomic E-state index is 6.32. The number of hydrogen-bond donors (Lipinski definition) is 1. The molecule has 0 bridgehead atoms. The van der Waals surface area contributed by atoms with Gasteiger partial charge in [-0.2, -0.15) is 0 Å². The second kappa shape index (κ2) is 7.65. The molecule has 0 aliphatic heterocycles. The summed E-state index contributed by atoms with van der Waals surface area (Å²) in [6, 6.07) is 9.82. The lowest BCUT2D eigenvalue weighted by atomic mass is 10.2. The van der Waals surface area contributed by atoms with Gasteiger partial charge in [0.05, 0.1) is 0 Å². The zero-order valence-electron chi connectivity index (χ0n) is 11.4. The highest BCUT2D eigenvalue weighted by Crippen LogP contribution is 2.25. The molecular formula is C13H23NO3Si. The van der Waals surface area contributed by atoms with Crippen molar-refractivity contribution in [2.24, 2.45) is 5.73 Å². The number of hydrogen-bond acceptors (Lipinski definition) is 4. The molecule has 0 heterocycles. The molecule has 1 aromatic rings. The van der Waals surface area contributed by atoms with E-state index in [9.17, 15) is 0 Å². The van der Waals surface area contributed by atoms with E-state index in [2.05, 4.69) is 0 Å². The molecule has 0 fully saturated rings. The smallest absolute Gasteiger partial charge is 0.373 e. The number of rotatable bonds is 8. The summed E-state index contributed by atoms with van der Waals surface area (Å²) in [6.07, 6.45) is 0. The van der Waals surface area contributed by atoms with Crippen molar-refractivity contribution in [3.05, 3.63) is 35.9 Å². The second-order valence-corrected chi connectivity index (χ2v) is 6.49. The molecule has 2 N–H and O–H groups in total. The highest BCUT2D eigenvalue weighted by atomic mass is 28.4. The van der Waals surface area contributed by atoms with Crippen LogP contribution >= 0.6 is 0 Å². The third-order valence-electron chi connectivity index (χ3n) is 2.58. The minimum absolute atomic E-state index is 0.349. The van der Waals surface area contributed by atoms with E-state index in [0.717, 1.165) is 5.56 Å². The van der Waals surface area contributed by atoms with E-state index in [1.807, 2.05) is 51.1 Å². The third-order valence-corrected chi connectivity index (χ3v) is 5.74. The largest absolute Gasteiger partial charge is 0.523 e. The van der Waals surface area contributed by atoms with Crippen LogP contribution in [0.5, 0.6) is 0 Å². The zero-order chi connectivity index (χ0) is 13.4. The lowest BCUT2D eigenvalue weighted by Gasteiger charge is -2.33. The first-order valence-electron chi connectivity index (χ1n) is 6.42. The molecule has 1 unspecified atom stereocenters. The molecule has 0 saturated heterocycles. The van der Waals surface area contributed by atoms with Crippen molar-refractivity contribution in [2.45, 2.75) is 26.4 Å². The van der Waals surface area contributed by atoms with Crippen LogP contribution in [0.3, 0.4) is 0 Å². The first-order chi connectivity index (χ1) is 8.70. The summed E-state index contributed by atoms with van der Waals surface area (Å²) >= 11 is 0. The molecule has 0 aliphatic carbocycles. The second-order valence-electron chi connectivity index (χ2n) is 3.79. The average Bonchev–Trinajstić information content (AvgIpc) is 2.39. The highest BCUT2D eigenvalue weighted by Gasteiger charge is 2.48. The minimum atomic E-state index is -2.86. The summed E-state index contributed by atoms with van der Waals surface area (Å²) < 4.78 is 17.4. The van der Waals surface area contributed by atoms with Gasteiger partial charge in [-0.1, -0.05) is 30.3 Å². The van der Waals surface area contributed by atoms with Crippen LogP contribution in [0.4, 0.5) is 0 Å². The van der Waals surface area contributed by atoms with E-state index in [0.29, 0.717) is 19.8 Å². The van der Waals surface area contributed by atoms with Crippen molar-refractivity contribution in [1.29, 1.82) is 0 Å². The van der Waals surface area contributed by atoms with Gasteiger partial charge in [-0.3, -0.25) is 0 Å². The average molecular weight is 269 g/mol. The Balaban J connectivity index is 2.99. The van der Waals surface area contributed by atoms with E-state index in [4.69, 9.17) is 19.0 Å². The van der Waals surface area contributed by atoms with Gasteiger partial charge in [-0.15, -0.1) is 0 Å². The summed E-state index contributed by atoms with van der Waals surface area (Å²) in [5.74, 6) is 0. The predicted octanol–water partition coefficient (Wildman–Crippen LogP) is 2.27. The fourth-order valence-electron chi connectivity index (χ4n) is 1.86. The molecule has 0 amide bonds. The molecule has 0 saturated carbocycles. The maximum absolute atomic E-state index is 6.32. The van der Waals surface area contributed by atoms with Crippen molar-refractivity contribution in [3.8, 4) is 0 Å². The normalized spacial score (nSPS) is 13.6. The standard InChI is InChI=1S/C13H23NO3Si/c1-4-15-18(16-5-2,17-6-3)13(14)12-10-8-7-9-11-12/h7-11,13H,4-6,14H2,1-3H3. The fourth-order valence-corrected chi connectivity index (χ4v) is 4.46. The van der Waals surface area contributed by atoms with Crippen LogP contribution in [0.25, 0.3) is 0 Å². The molecule has 0 radical (unpaired) electrons.